The highest BCUT2D eigenvalue weighted by Gasteiger charge is 2.24. The van der Waals surface area contributed by atoms with Gasteiger partial charge in [0.2, 0.25) is 0 Å². The van der Waals surface area contributed by atoms with Gasteiger partial charge < -0.3 is 10.1 Å². The van der Waals surface area contributed by atoms with Gasteiger partial charge in [0, 0.05) is 28.8 Å². The van der Waals surface area contributed by atoms with Crippen LogP contribution in [-0.2, 0) is 11.3 Å². The summed E-state index contributed by atoms with van der Waals surface area (Å²) in [6.07, 6.45) is 6.23. The number of thiophene rings is 1. The number of halogens is 1. The fourth-order valence-electron chi connectivity index (χ4n) is 3.66. The van der Waals surface area contributed by atoms with Gasteiger partial charge in [-0.25, -0.2) is 9.07 Å². The molecule has 0 saturated heterocycles. The van der Waals surface area contributed by atoms with Crippen LogP contribution in [-0.4, -0.2) is 22.8 Å². The SMILES string of the molecule is COCc1c(C(=O)Nc2ccnn2C2CCCC2)sc2cccc(F)c12. The molecule has 0 spiro atoms. The molecule has 7 heteroatoms. The van der Waals surface area contributed by atoms with Crippen LogP contribution in [0.2, 0.25) is 0 Å². The van der Waals surface area contributed by atoms with E-state index in [0.29, 0.717) is 27.7 Å². The number of hydrogen-bond acceptors (Lipinski definition) is 4. The second kappa shape index (κ2) is 7.17. The van der Waals surface area contributed by atoms with Gasteiger partial charge in [-0.3, -0.25) is 4.79 Å². The number of methoxy groups -OCH3 is 1. The smallest absolute Gasteiger partial charge is 0.267 e. The van der Waals surface area contributed by atoms with Crippen molar-refractivity contribution in [2.24, 2.45) is 0 Å². The molecule has 0 radical (unpaired) electrons. The number of carbonyl (C=O) groups excluding carboxylic acids is 1. The Bertz CT molecular complexity index is 944. The number of ether oxygens (including phenoxy) is 1. The van der Waals surface area contributed by atoms with Gasteiger partial charge in [0.15, 0.2) is 0 Å². The topological polar surface area (TPSA) is 56.1 Å². The summed E-state index contributed by atoms with van der Waals surface area (Å²) in [6.45, 7) is 0.186. The highest BCUT2D eigenvalue weighted by molar-refractivity contribution is 7.21. The number of nitrogens with zero attached hydrogens (tertiary/aromatic N) is 2. The lowest BCUT2D eigenvalue weighted by Gasteiger charge is -2.14. The number of carbonyl (C=O) groups is 1. The highest BCUT2D eigenvalue weighted by atomic mass is 32.1. The van der Waals surface area contributed by atoms with E-state index in [0.717, 1.165) is 17.5 Å². The molecule has 1 aromatic carbocycles. The van der Waals surface area contributed by atoms with Crippen molar-refractivity contribution in [3.8, 4) is 0 Å². The van der Waals surface area contributed by atoms with Gasteiger partial charge in [-0.15, -0.1) is 11.3 Å². The van der Waals surface area contributed by atoms with Gasteiger partial charge in [0.1, 0.15) is 11.6 Å². The molecule has 26 heavy (non-hydrogen) atoms. The van der Waals surface area contributed by atoms with Crippen LogP contribution in [0.5, 0.6) is 0 Å². The second-order valence-corrected chi connectivity index (χ2v) is 7.56. The summed E-state index contributed by atoms with van der Waals surface area (Å²) in [5, 5.41) is 7.80. The third-order valence-electron chi connectivity index (χ3n) is 4.84. The predicted molar refractivity (Wildman–Crippen MR) is 100 cm³/mol. The van der Waals surface area contributed by atoms with E-state index in [1.807, 2.05) is 10.7 Å². The Balaban J connectivity index is 1.68. The highest BCUT2D eigenvalue weighted by Crippen LogP contribution is 2.35. The van der Waals surface area contributed by atoms with E-state index in [1.54, 1.807) is 25.4 Å². The Morgan fingerprint density at radius 3 is 2.96 bits per heavy atom. The zero-order chi connectivity index (χ0) is 18.1. The molecule has 3 aromatic rings. The molecular weight excluding hydrogens is 353 g/mol. The molecule has 2 heterocycles. The van der Waals surface area contributed by atoms with Crippen molar-refractivity contribution in [1.29, 1.82) is 0 Å². The lowest BCUT2D eigenvalue weighted by atomic mass is 10.1. The summed E-state index contributed by atoms with van der Waals surface area (Å²) < 4.78 is 22.2. The third kappa shape index (κ3) is 3.01. The van der Waals surface area contributed by atoms with Crippen LogP contribution in [0.1, 0.15) is 47.0 Å². The number of hydrogen-bond donors (Lipinski definition) is 1. The Hall–Kier alpha value is -2.25. The van der Waals surface area contributed by atoms with Gasteiger partial charge in [0.25, 0.3) is 5.91 Å². The normalized spacial score (nSPS) is 15.0. The van der Waals surface area contributed by atoms with E-state index in [9.17, 15) is 9.18 Å². The first kappa shape index (κ1) is 17.2. The van der Waals surface area contributed by atoms with Crippen LogP contribution in [0.15, 0.2) is 30.5 Å². The molecule has 1 aliphatic carbocycles. The molecule has 0 aliphatic heterocycles. The number of aromatic nitrogens is 2. The number of anilines is 1. The Morgan fingerprint density at radius 1 is 1.38 bits per heavy atom. The first-order valence-electron chi connectivity index (χ1n) is 8.72. The Morgan fingerprint density at radius 2 is 2.19 bits per heavy atom. The van der Waals surface area contributed by atoms with Crippen molar-refractivity contribution in [2.75, 3.05) is 12.4 Å². The quantitative estimate of drug-likeness (QED) is 0.702. The second-order valence-electron chi connectivity index (χ2n) is 6.51. The molecule has 5 nitrogen and oxygen atoms in total. The minimum Gasteiger partial charge on any atom is -0.380 e. The Kier molecular flexibility index (Phi) is 4.74. The van der Waals surface area contributed by atoms with Crippen LogP contribution in [0.3, 0.4) is 0 Å². The summed E-state index contributed by atoms with van der Waals surface area (Å²) in [5.41, 5.74) is 0.593. The minimum atomic E-state index is -0.333. The van der Waals surface area contributed by atoms with Crippen LogP contribution >= 0.6 is 11.3 Å². The summed E-state index contributed by atoms with van der Waals surface area (Å²) in [7, 11) is 1.54. The minimum absolute atomic E-state index is 0.186. The first-order valence-corrected chi connectivity index (χ1v) is 9.54. The third-order valence-corrected chi connectivity index (χ3v) is 6.04. The number of rotatable bonds is 5. The lowest BCUT2D eigenvalue weighted by molar-refractivity contribution is 0.102. The molecule has 1 aliphatic rings. The van der Waals surface area contributed by atoms with E-state index < -0.39 is 0 Å². The molecule has 1 N–H and O–H groups in total. The standard InChI is InChI=1S/C19H20FN3O2S/c1-25-11-13-17-14(20)7-4-8-15(17)26-18(13)19(24)22-16-9-10-21-23(16)12-5-2-3-6-12/h4,7-10,12H,2-3,5-6,11H2,1H3,(H,22,24). The fourth-order valence-corrected chi connectivity index (χ4v) is 4.78. The summed E-state index contributed by atoms with van der Waals surface area (Å²) in [4.78, 5) is 13.4. The Labute approximate surface area is 154 Å². The van der Waals surface area contributed by atoms with Crippen molar-refractivity contribution in [3.05, 3.63) is 46.7 Å². The summed E-state index contributed by atoms with van der Waals surface area (Å²) >= 11 is 1.28. The predicted octanol–water partition coefficient (Wildman–Crippen LogP) is 4.75. The molecule has 0 atom stereocenters. The molecular formula is C19H20FN3O2S. The number of nitrogens with one attached hydrogen (secondary N) is 1. The van der Waals surface area contributed by atoms with Gasteiger partial charge in [0.05, 0.1) is 23.7 Å². The van der Waals surface area contributed by atoms with Crippen molar-refractivity contribution in [2.45, 2.75) is 38.3 Å². The number of amides is 1. The van der Waals surface area contributed by atoms with E-state index in [-0.39, 0.29) is 18.3 Å². The van der Waals surface area contributed by atoms with Crippen LogP contribution < -0.4 is 5.32 Å². The molecule has 1 amide bonds. The van der Waals surface area contributed by atoms with E-state index >= 15 is 0 Å². The van der Waals surface area contributed by atoms with E-state index in [4.69, 9.17) is 4.74 Å². The molecule has 0 unspecified atom stereocenters. The average molecular weight is 373 g/mol. The van der Waals surface area contributed by atoms with Gasteiger partial charge in [-0.05, 0) is 25.0 Å². The zero-order valence-electron chi connectivity index (χ0n) is 14.5. The first-order chi connectivity index (χ1) is 12.7. The summed E-state index contributed by atoms with van der Waals surface area (Å²) in [5.74, 6) is 0.0986. The van der Waals surface area contributed by atoms with Crippen molar-refractivity contribution < 1.29 is 13.9 Å². The molecule has 2 aromatic heterocycles. The average Bonchev–Trinajstić information content (AvgIpc) is 3.34. The molecule has 0 bridgehead atoms. The van der Waals surface area contributed by atoms with Crippen molar-refractivity contribution in [3.63, 3.8) is 0 Å². The van der Waals surface area contributed by atoms with Gasteiger partial charge in [-0.1, -0.05) is 18.9 Å². The lowest BCUT2D eigenvalue weighted by Crippen LogP contribution is -2.18. The van der Waals surface area contributed by atoms with Crippen LogP contribution in [0, 0.1) is 5.82 Å². The monoisotopic (exact) mass is 373 g/mol. The zero-order valence-corrected chi connectivity index (χ0v) is 15.3. The maximum atomic E-state index is 14.3. The van der Waals surface area contributed by atoms with Crippen LogP contribution in [0.4, 0.5) is 10.2 Å². The molecule has 136 valence electrons. The fraction of sp³-hybridized carbons (Fsp3) is 0.368. The largest absolute Gasteiger partial charge is 0.380 e. The van der Waals surface area contributed by atoms with E-state index in [1.165, 1.54) is 30.2 Å². The van der Waals surface area contributed by atoms with Crippen LogP contribution in [0.25, 0.3) is 10.1 Å². The number of fused-ring (bicyclic) bond motifs is 1. The molecule has 1 fully saturated rings. The van der Waals surface area contributed by atoms with Crippen molar-refractivity contribution >= 4 is 33.1 Å². The summed E-state index contributed by atoms with van der Waals surface area (Å²) in [6, 6.07) is 7.02. The number of benzene rings is 1. The maximum absolute atomic E-state index is 14.3. The van der Waals surface area contributed by atoms with E-state index in [2.05, 4.69) is 10.4 Å². The molecule has 4 rings (SSSR count). The van der Waals surface area contributed by atoms with Gasteiger partial charge in [-0.2, -0.15) is 5.10 Å². The van der Waals surface area contributed by atoms with Crippen molar-refractivity contribution in [1.82, 2.24) is 9.78 Å². The maximum Gasteiger partial charge on any atom is 0.267 e. The molecule has 1 saturated carbocycles. The van der Waals surface area contributed by atoms with Gasteiger partial charge >= 0.3 is 0 Å².